The number of nitrogens with two attached hydrogens (primary N) is 1. The molecule has 17 heavy (non-hydrogen) atoms. The zero-order valence-corrected chi connectivity index (χ0v) is 11.0. The Kier molecular flexibility index (Phi) is 4.90. The summed E-state index contributed by atoms with van der Waals surface area (Å²) in [5, 5.41) is 9.79. The third-order valence-electron chi connectivity index (χ3n) is 2.65. The fourth-order valence-corrected chi connectivity index (χ4v) is 3.32. The Morgan fingerprint density at radius 1 is 1.29 bits per heavy atom. The van der Waals surface area contributed by atoms with E-state index in [4.69, 9.17) is 5.73 Å². The number of rotatable bonds is 5. The smallest absolute Gasteiger partial charge is 0.248 e. The van der Waals surface area contributed by atoms with Crippen molar-refractivity contribution in [1.82, 2.24) is 0 Å². The van der Waals surface area contributed by atoms with Crippen LogP contribution in [0.2, 0.25) is 0 Å². The van der Waals surface area contributed by atoms with Gasteiger partial charge in [-0.2, -0.15) is 0 Å². The molecule has 0 aliphatic rings. The molecule has 0 saturated heterocycles. The maximum Gasteiger partial charge on any atom is 0.248 e. The van der Waals surface area contributed by atoms with Gasteiger partial charge in [0, 0.05) is 0 Å². The normalized spacial score (nSPS) is 18.7. The summed E-state index contributed by atoms with van der Waals surface area (Å²) in [4.78, 5) is 9.93. The maximum atomic E-state index is 12.1. The molecule has 96 valence electrons. The molecule has 0 spiro atoms. The summed E-state index contributed by atoms with van der Waals surface area (Å²) in [7, 11) is -3.82. The SMILES string of the molecule is CC(C)CC(O)P(=O)(O)C(N)c1ccccc1. The molecule has 0 aromatic heterocycles. The van der Waals surface area contributed by atoms with E-state index in [1.807, 2.05) is 19.9 Å². The first-order valence-corrected chi connectivity index (χ1v) is 7.46. The largest absolute Gasteiger partial charge is 0.383 e. The molecule has 0 heterocycles. The van der Waals surface area contributed by atoms with Crippen molar-refractivity contribution in [2.24, 2.45) is 11.7 Å². The molecule has 0 aliphatic heterocycles. The van der Waals surface area contributed by atoms with E-state index in [0.29, 0.717) is 5.56 Å². The molecular weight excluding hydrogens is 237 g/mol. The molecule has 1 aromatic carbocycles. The zero-order valence-electron chi connectivity index (χ0n) is 10.2. The molecule has 0 saturated carbocycles. The minimum absolute atomic E-state index is 0.147. The lowest BCUT2D eigenvalue weighted by molar-refractivity contribution is 0.201. The first kappa shape index (κ1) is 14.4. The number of benzene rings is 1. The molecule has 0 radical (unpaired) electrons. The van der Waals surface area contributed by atoms with Gasteiger partial charge in [0.15, 0.2) is 0 Å². The van der Waals surface area contributed by atoms with E-state index in [1.54, 1.807) is 24.3 Å². The van der Waals surface area contributed by atoms with Crippen molar-refractivity contribution in [3.8, 4) is 0 Å². The summed E-state index contributed by atoms with van der Waals surface area (Å²) in [6, 6.07) is 8.70. The Balaban J connectivity index is 2.87. The van der Waals surface area contributed by atoms with Crippen molar-refractivity contribution < 1.29 is 14.6 Å². The van der Waals surface area contributed by atoms with E-state index in [1.165, 1.54) is 0 Å². The second kappa shape index (κ2) is 5.78. The monoisotopic (exact) mass is 257 g/mol. The topological polar surface area (TPSA) is 83.5 Å². The molecule has 4 nitrogen and oxygen atoms in total. The second-order valence-corrected chi connectivity index (χ2v) is 7.14. The van der Waals surface area contributed by atoms with Crippen LogP contribution in [0.3, 0.4) is 0 Å². The van der Waals surface area contributed by atoms with Crippen molar-refractivity contribution in [2.45, 2.75) is 31.9 Å². The first-order valence-electron chi connectivity index (χ1n) is 5.66. The van der Waals surface area contributed by atoms with E-state index in [-0.39, 0.29) is 12.3 Å². The fraction of sp³-hybridized carbons (Fsp3) is 0.500. The molecule has 1 rings (SSSR count). The van der Waals surface area contributed by atoms with E-state index < -0.39 is 19.0 Å². The van der Waals surface area contributed by atoms with Crippen molar-refractivity contribution in [2.75, 3.05) is 0 Å². The van der Waals surface area contributed by atoms with Crippen LogP contribution in [-0.4, -0.2) is 15.8 Å². The van der Waals surface area contributed by atoms with Gasteiger partial charge >= 0.3 is 0 Å². The summed E-state index contributed by atoms with van der Waals surface area (Å²) in [5.41, 5.74) is 6.35. The van der Waals surface area contributed by atoms with Crippen molar-refractivity contribution in [3.05, 3.63) is 35.9 Å². The molecule has 5 heteroatoms. The van der Waals surface area contributed by atoms with Gasteiger partial charge in [-0.15, -0.1) is 0 Å². The average molecular weight is 257 g/mol. The van der Waals surface area contributed by atoms with Crippen LogP contribution in [0.15, 0.2) is 30.3 Å². The highest BCUT2D eigenvalue weighted by molar-refractivity contribution is 7.58. The van der Waals surface area contributed by atoms with Gasteiger partial charge in [0.2, 0.25) is 7.37 Å². The molecule has 4 N–H and O–H groups in total. The van der Waals surface area contributed by atoms with E-state index in [2.05, 4.69) is 0 Å². The zero-order chi connectivity index (χ0) is 13.1. The molecule has 3 atom stereocenters. The molecule has 0 fully saturated rings. The van der Waals surface area contributed by atoms with Crippen LogP contribution in [0.5, 0.6) is 0 Å². The highest BCUT2D eigenvalue weighted by atomic mass is 31.2. The van der Waals surface area contributed by atoms with Crippen LogP contribution in [0.1, 0.15) is 31.6 Å². The Morgan fingerprint density at radius 2 is 1.82 bits per heavy atom. The fourth-order valence-electron chi connectivity index (χ4n) is 1.62. The van der Waals surface area contributed by atoms with E-state index >= 15 is 0 Å². The Labute approximate surface area is 102 Å². The van der Waals surface area contributed by atoms with Crippen molar-refractivity contribution in [3.63, 3.8) is 0 Å². The van der Waals surface area contributed by atoms with Gasteiger partial charge in [-0.25, -0.2) is 0 Å². The quantitative estimate of drug-likeness (QED) is 0.706. The third-order valence-corrected chi connectivity index (χ3v) is 4.81. The summed E-state index contributed by atoms with van der Waals surface area (Å²) < 4.78 is 12.1. The Morgan fingerprint density at radius 3 is 2.29 bits per heavy atom. The number of hydrogen-bond donors (Lipinski definition) is 3. The average Bonchev–Trinajstić information content (AvgIpc) is 2.28. The van der Waals surface area contributed by atoms with Gasteiger partial charge in [-0.05, 0) is 17.9 Å². The lowest BCUT2D eigenvalue weighted by Gasteiger charge is -2.25. The highest BCUT2D eigenvalue weighted by Gasteiger charge is 2.36. The van der Waals surface area contributed by atoms with Crippen molar-refractivity contribution >= 4 is 7.37 Å². The minimum Gasteiger partial charge on any atom is -0.383 e. The number of aliphatic hydroxyl groups is 1. The Hall–Kier alpha value is -0.670. The summed E-state index contributed by atoms with van der Waals surface area (Å²) in [6.07, 6.45) is 0.272. The van der Waals surface area contributed by atoms with Gasteiger partial charge < -0.3 is 15.7 Å². The van der Waals surface area contributed by atoms with Crippen LogP contribution in [-0.2, 0) is 4.57 Å². The standard InChI is InChI=1S/C12H20NO3P/c1-9(2)8-11(14)17(15,16)12(13)10-6-4-3-5-7-10/h3-7,9,11-12,14H,8,13H2,1-2H3,(H,15,16). The summed E-state index contributed by atoms with van der Waals surface area (Å²) in [5.74, 6) is -2.15. The molecular formula is C12H20NO3P. The number of aliphatic hydroxyl groups excluding tert-OH is 1. The molecule has 1 aromatic rings. The lowest BCUT2D eigenvalue weighted by atomic mass is 10.1. The molecule has 3 unspecified atom stereocenters. The molecule has 0 aliphatic carbocycles. The van der Waals surface area contributed by atoms with E-state index in [9.17, 15) is 14.6 Å². The summed E-state index contributed by atoms with van der Waals surface area (Å²) >= 11 is 0. The maximum absolute atomic E-state index is 12.1. The van der Waals surface area contributed by atoms with Crippen LogP contribution in [0, 0.1) is 5.92 Å². The van der Waals surface area contributed by atoms with Crippen LogP contribution in [0.4, 0.5) is 0 Å². The predicted molar refractivity (Wildman–Crippen MR) is 68.7 cm³/mol. The summed E-state index contributed by atoms with van der Waals surface area (Å²) in [6.45, 7) is 3.77. The highest BCUT2D eigenvalue weighted by Crippen LogP contribution is 2.57. The third kappa shape index (κ3) is 3.65. The van der Waals surface area contributed by atoms with Gasteiger partial charge in [0.05, 0.1) is 0 Å². The van der Waals surface area contributed by atoms with Crippen LogP contribution >= 0.6 is 7.37 Å². The predicted octanol–water partition coefficient (Wildman–Crippen LogP) is 2.28. The molecule has 0 bridgehead atoms. The second-order valence-electron chi connectivity index (χ2n) is 4.64. The van der Waals surface area contributed by atoms with Gasteiger partial charge in [-0.1, -0.05) is 44.2 Å². The van der Waals surface area contributed by atoms with E-state index in [0.717, 1.165) is 0 Å². The molecule has 0 amide bonds. The van der Waals surface area contributed by atoms with Crippen molar-refractivity contribution in [1.29, 1.82) is 0 Å². The lowest BCUT2D eigenvalue weighted by Crippen LogP contribution is -2.20. The minimum atomic E-state index is -3.82. The number of hydrogen-bond acceptors (Lipinski definition) is 3. The van der Waals surface area contributed by atoms with Gasteiger partial charge in [-0.3, -0.25) is 4.57 Å². The van der Waals surface area contributed by atoms with Gasteiger partial charge in [0.25, 0.3) is 0 Å². The van der Waals surface area contributed by atoms with Gasteiger partial charge in [0.1, 0.15) is 11.6 Å². The van der Waals surface area contributed by atoms with Crippen LogP contribution in [0.25, 0.3) is 0 Å². The first-order chi connectivity index (χ1) is 7.85. The Bertz CT molecular complexity index is 394. The van der Waals surface area contributed by atoms with Crippen LogP contribution < -0.4 is 5.73 Å².